The van der Waals surface area contributed by atoms with Crippen LogP contribution in [-0.4, -0.2) is 24.1 Å². The van der Waals surface area contributed by atoms with E-state index in [2.05, 4.69) is 19.1 Å². The van der Waals surface area contributed by atoms with Gasteiger partial charge in [0.15, 0.2) is 5.78 Å². The fraction of sp³-hybridized carbons (Fsp3) is 0.538. The number of hydrogen-bond donors (Lipinski definition) is 0. The van der Waals surface area contributed by atoms with Gasteiger partial charge in [0, 0.05) is 24.2 Å². The van der Waals surface area contributed by atoms with Crippen molar-refractivity contribution in [3.05, 3.63) is 52.6 Å². The molecule has 4 atom stereocenters. The summed E-state index contributed by atoms with van der Waals surface area (Å²) in [6.07, 6.45) is 8.05. The highest BCUT2D eigenvalue weighted by atomic mass is 35.5. The average molecular weight is 425 g/mol. The predicted octanol–water partition coefficient (Wildman–Crippen LogP) is 5.77. The van der Waals surface area contributed by atoms with Crippen LogP contribution < -0.4 is 4.74 Å². The van der Waals surface area contributed by atoms with E-state index in [1.807, 2.05) is 18.2 Å². The first kappa shape index (κ1) is 20.1. The van der Waals surface area contributed by atoms with Crippen molar-refractivity contribution in [1.82, 2.24) is 0 Å². The van der Waals surface area contributed by atoms with Crippen LogP contribution in [0.5, 0.6) is 5.75 Å². The molecule has 30 heavy (non-hydrogen) atoms. The number of hydrogen-bond acceptors (Lipinski definition) is 3. The van der Waals surface area contributed by atoms with Crippen molar-refractivity contribution in [3.8, 4) is 5.75 Å². The summed E-state index contributed by atoms with van der Waals surface area (Å²) in [5.41, 5.74) is 5.26. The van der Waals surface area contributed by atoms with Gasteiger partial charge in [-0.3, -0.25) is 9.59 Å². The standard InChI is InChI=1S/C26H29ClO3/c1-26-15-22(16-2-6-19(7-3-16)30-13-12-27)25-20-9-5-18(28)14-17(20)4-8-21(25)23(26)10-11-24(26)29/h2-3,6-7,14,21-23H,4-5,8-13,15H2,1H3/t21-,22+,23-,26-/m0/s1. The van der Waals surface area contributed by atoms with E-state index in [9.17, 15) is 9.59 Å². The highest BCUT2D eigenvalue weighted by Gasteiger charge is 2.56. The molecule has 0 aromatic heterocycles. The molecule has 0 aliphatic heterocycles. The highest BCUT2D eigenvalue weighted by molar-refractivity contribution is 6.18. The Bertz CT molecular complexity index is 942. The Hall–Kier alpha value is -1.87. The van der Waals surface area contributed by atoms with Crippen LogP contribution in [0.15, 0.2) is 47.1 Å². The van der Waals surface area contributed by atoms with Gasteiger partial charge in [-0.05, 0) is 78.9 Å². The molecule has 0 spiro atoms. The summed E-state index contributed by atoms with van der Waals surface area (Å²) < 4.78 is 5.66. The minimum absolute atomic E-state index is 0.223. The largest absolute Gasteiger partial charge is 0.492 e. The number of ketones is 2. The molecule has 3 nitrogen and oxygen atoms in total. The zero-order chi connectivity index (χ0) is 20.9. The van der Waals surface area contributed by atoms with Gasteiger partial charge in [-0.15, -0.1) is 11.6 Å². The molecule has 5 rings (SSSR count). The number of carbonyl (C=O) groups excluding carboxylic acids is 2. The van der Waals surface area contributed by atoms with E-state index in [0.717, 1.165) is 44.3 Å². The fourth-order valence-electron chi connectivity index (χ4n) is 6.68. The van der Waals surface area contributed by atoms with Gasteiger partial charge in [0.25, 0.3) is 0 Å². The summed E-state index contributed by atoms with van der Waals surface area (Å²) >= 11 is 5.74. The zero-order valence-electron chi connectivity index (χ0n) is 17.6. The number of allylic oxidation sites excluding steroid dienone is 4. The summed E-state index contributed by atoms with van der Waals surface area (Å²) in [6, 6.07) is 8.37. The first-order chi connectivity index (χ1) is 14.5. The Morgan fingerprint density at radius 1 is 1.07 bits per heavy atom. The van der Waals surface area contributed by atoms with E-state index in [0.29, 0.717) is 36.5 Å². The van der Waals surface area contributed by atoms with Gasteiger partial charge < -0.3 is 4.74 Å². The first-order valence-corrected chi connectivity index (χ1v) is 11.8. The third-order valence-electron chi connectivity index (χ3n) is 8.07. The summed E-state index contributed by atoms with van der Waals surface area (Å²) in [5, 5.41) is 0. The fourth-order valence-corrected chi connectivity index (χ4v) is 6.76. The molecular weight excluding hydrogens is 396 g/mol. The number of rotatable bonds is 4. The molecule has 0 unspecified atom stereocenters. The van der Waals surface area contributed by atoms with E-state index >= 15 is 0 Å². The van der Waals surface area contributed by atoms with Gasteiger partial charge in [-0.1, -0.05) is 24.6 Å². The second kappa shape index (κ2) is 7.67. The molecule has 2 fully saturated rings. The van der Waals surface area contributed by atoms with E-state index < -0.39 is 0 Å². The summed E-state index contributed by atoms with van der Waals surface area (Å²) in [7, 11) is 0. The maximum atomic E-state index is 13.0. The smallest absolute Gasteiger partial charge is 0.156 e. The summed E-state index contributed by atoms with van der Waals surface area (Å²) in [5.74, 6) is 3.18. The Kier molecular flexibility index (Phi) is 5.13. The van der Waals surface area contributed by atoms with Crippen LogP contribution in [0.1, 0.15) is 63.4 Å². The molecule has 0 bridgehead atoms. The topological polar surface area (TPSA) is 43.4 Å². The van der Waals surface area contributed by atoms with Crippen LogP contribution in [0.4, 0.5) is 0 Å². The van der Waals surface area contributed by atoms with Gasteiger partial charge in [0.05, 0.1) is 5.88 Å². The van der Waals surface area contributed by atoms with Gasteiger partial charge in [-0.25, -0.2) is 0 Å². The lowest BCUT2D eigenvalue weighted by atomic mass is 9.53. The molecular formula is C26H29ClO3. The lowest BCUT2D eigenvalue weighted by Crippen LogP contribution is -2.43. The van der Waals surface area contributed by atoms with E-state index in [1.165, 1.54) is 22.3 Å². The Balaban J connectivity index is 1.59. The van der Waals surface area contributed by atoms with Crippen LogP contribution in [-0.2, 0) is 9.59 Å². The number of alkyl halides is 1. The van der Waals surface area contributed by atoms with Crippen molar-refractivity contribution < 1.29 is 14.3 Å². The molecule has 0 saturated heterocycles. The second-order valence-electron chi connectivity index (χ2n) is 9.56. The molecule has 1 aromatic carbocycles. The van der Waals surface area contributed by atoms with Crippen LogP contribution >= 0.6 is 11.6 Å². The van der Waals surface area contributed by atoms with Crippen LogP contribution in [0.2, 0.25) is 0 Å². The summed E-state index contributed by atoms with van der Waals surface area (Å²) in [6.45, 7) is 2.72. The minimum atomic E-state index is -0.223. The molecule has 0 heterocycles. The minimum Gasteiger partial charge on any atom is -0.492 e. The van der Waals surface area contributed by atoms with Crippen LogP contribution in [0.25, 0.3) is 0 Å². The lowest BCUT2D eigenvalue weighted by Gasteiger charge is -2.50. The van der Waals surface area contributed by atoms with Crippen molar-refractivity contribution in [3.63, 3.8) is 0 Å². The zero-order valence-corrected chi connectivity index (χ0v) is 18.3. The molecule has 4 aliphatic carbocycles. The molecule has 4 aliphatic rings. The Labute approximate surface area is 183 Å². The van der Waals surface area contributed by atoms with Crippen LogP contribution in [0, 0.1) is 17.3 Å². The molecule has 4 heteroatoms. The molecule has 1 aromatic rings. The van der Waals surface area contributed by atoms with Crippen molar-refractivity contribution in [2.75, 3.05) is 12.5 Å². The molecule has 0 amide bonds. The molecule has 2 saturated carbocycles. The SMILES string of the molecule is C[C@]12C[C@H](c3ccc(OCCCl)cc3)C3=C4CCC(=O)C=C4CC[C@H]3[C@@H]1CCC2=O. The van der Waals surface area contributed by atoms with Crippen LogP contribution in [0.3, 0.4) is 0 Å². The van der Waals surface area contributed by atoms with Crippen molar-refractivity contribution >= 4 is 23.2 Å². The van der Waals surface area contributed by atoms with E-state index in [4.69, 9.17) is 16.3 Å². The monoisotopic (exact) mass is 424 g/mol. The maximum absolute atomic E-state index is 13.0. The maximum Gasteiger partial charge on any atom is 0.156 e. The van der Waals surface area contributed by atoms with E-state index in [-0.39, 0.29) is 17.1 Å². The van der Waals surface area contributed by atoms with E-state index in [1.54, 1.807) is 0 Å². The number of carbonyl (C=O) groups is 2. The number of benzene rings is 1. The Morgan fingerprint density at radius 2 is 1.87 bits per heavy atom. The number of ether oxygens (including phenoxy) is 1. The van der Waals surface area contributed by atoms with Crippen molar-refractivity contribution in [1.29, 1.82) is 0 Å². The third-order valence-corrected chi connectivity index (χ3v) is 8.23. The van der Waals surface area contributed by atoms with Gasteiger partial charge in [0.1, 0.15) is 18.1 Å². The predicted molar refractivity (Wildman–Crippen MR) is 118 cm³/mol. The van der Waals surface area contributed by atoms with Gasteiger partial charge in [0.2, 0.25) is 0 Å². The summed E-state index contributed by atoms with van der Waals surface area (Å²) in [4.78, 5) is 25.0. The van der Waals surface area contributed by atoms with Gasteiger partial charge >= 0.3 is 0 Å². The molecule has 158 valence electrons. The third kappa shape index (κ3) is 3.17. The first-order valence-electron chi connectivity index (χ1n) is 11.3. The Morgan fingerprint density at radius 3 is 2.63 bits per heavy atom. The molecule has 0 radical (unpaired) electrons. The van der Waals surface area contributed by atoms with Gasteiger partial charge in [-0.2, -0.15) is 0 Å². The quantitative estimate of drug-likeness (QED) is 0.576. The number of Topliss-reactive ketones (excluding diaryl/α,β-unsaturated/α-hetero) is 1. The van der Waals surface area contributed by atoms with Crippen molar-refractivity contribution in [2.24, 2.45) is 17.3 Å². The second-order valence-corrected chi connectivity index (χ2v) is 9.94. The molecule has 0 N–H and O–H groups in total. The average Bonchev–Trinajstić information content (AvgIpc) is 3.06. The number of halogens is 1. The highest BCUT2D eigenvalue weighted by Crippen LogP contribution is 2.62. The lowest BCUT2D eigenvalue weighted by molar-refractivity contribution is -0.128. The number of fused-ring (bicyclic) bond motifs is 4. The normalized spacial score (nSPS) is 33.0. The van der Waals surface area contributed by atoms with Crippen molar-refractivity contribution in [2.45, 2.75) is 57.8 Å².